The van der Waals surface area contributed by atoms with Gasteiger partial charge >= 0.3 is 0 Å². The van der Waals surface area contributed by atoms with Crippen LogP contribution in [0, 0.1) is 5.92 Å². The highest BCUT2D eigenvalue weighted by Crippen LogP contribution is 2.14. The molecule has 5 nitrogen and oxygen atoms in total. The summed E-state index contributed by atoms with van der Waals surface area (Å²) in [5.41, 5.74) is 0. The quantitative estimate of drug-likeness (QED) is 0.759. The topological polar surface area (TPSA) is 38.8 Å². The van der Waals surface area contributed by atoms with E-state index >= 15 is 0 Å². The maximum absolute atomic E-state index is 12.4. The summed E-state index contributed by atoms with van der Waals surface area (Å²) in [4.78, 5) is 19.1. The van der Waals surface area contributed by atoms with Crippen LogP contribution in [0.4, 0.5) is 0 Å². The van der Waals surface area contributed by atoms with Gasteiger partial charge in [-0.15, -0.1) is 0 Å². The molecule has 19 heavy (non-hydrogen) atoms. The smallest absolute Gasteiger partial charge is 0.227 e. The largest absolute Gasteiger partial charge is 0.340 e. The van der Waals surface area contributed by atoms with Gasteiger partial charge in [-0.1, -0.05) is 0 Å². The van der Waals surface area contributed by atoms with Crippen molar-refractivity contribution in [2.75, 3.05) is 66.5 Å². The molecule has 5 heteroatoms. The Morgan fingerprint density at radius 1 is 1.26 bits per heavy atom. The van der Waals surface area contributed by atoms with Gasteiger partial charge in [-0.2, -0.15) is 0 Å². The first-order valence-electron chi connectivity index (χ1n) is 7.53. The molecule has 2 heterocycles. The molecule has 110 valence electrons. The Balaban J connectivity index is 1.71. The maximum Gasteiger partial charge on any atom is 0.227 e. The van der Waals surface area contributed by atoms with Crippen molar-refractivity contribution in [2.45, 2.75) is 12.8 Å². The van der Waals surface area contributed by atoms with Gasteiger partial charge in [0.05, 0.1) is 5.92 Å². The summed E-state index contributed by atoms with van der Waals surface area (Å²) in [6.45, 7) is 8.02. The van der Waals surface area contributed by atoms with Gasteiger partial charge in [0.1, 0.15) is 0 Å². The molecule has 0 radical (unpaired) electrons. The van der Waals surface area contributed by atoms with Gasteiger partial charge in [0, 0.05) is 45.8 Å². The Morgan fingerprint density at radius 3 is 2.58 bits per heavy atom. The first-order chi connectivity index (χ1) is 9.16. The number of amides is 1. The van der Waals surface area contributed by atoms with Gasteiger partial charge in [-0.05, 0) is 33.5 Å². The van der Waals surface area contributed by atoms with E-state index < -0.39 is 0 Å². The van der Waals surface area contributed by atoms with Crippen molar-refractivity contribution < 1.29 is 4.79 Å². The summed E-state index contributed by atoms with van der Waals surface area (Å²) in [6, 6.07) is 0. The molecule has 1 N–H and O–H groups in total. The van der Waals surface area contributed by atoms with Crippen molar-refractivity contribution in [3.8, 4) is 0 Å². The highest BCUT2D eigenvalue weighted by Gasteiger charge is 2.28. The third-order valence-electron chi connectivity index (χ3n) is 4.19. The molecule has 0 spiro atoms. The fourth-order valence-corrected chi connectivity index (χ4v) is 2.85. The second-order valence-corrected chi connectivity index (χ2v) is 6.01. The molecule has 2 aliphatic heterocycles. The molecule has 1 amide bonds. The maximum atomic E-state index is 12.4. The van der Waals surface area contributed by atoms with Crippen LogP contribution in [0.2, 0.25) is 0 Å². The van der Waals surface area contributed by atoms with Crippen LogP contribution < -0.4 is 5.32 Å². The Hall–Kier alpha value is -0.650. The zero-order valence-corrected chi connectivity index (χ0v) is 12.4. The summed E-state index contributed by atoms with van der Waals surface area (Å²) in [6.07, 6.45) is 2.20. The van der Waals surface area contributed by atoms with Crippen LogP contribution in [0.15, 0.2) is 0 Å². The zero-order valence-electron chi connectivity index (χ0n) is 12.4. The van der Waals surface area contributed by atoms with Gasteiger partial charge in [0.15, 0.2) is 0 Å². The zero-order chi connectivity index (χ0) is 13.7. The lowest BCUT2D eigenvalue weighted by Crippen LogP contribution is -2.52. The summed E-state index contributed by atoms with van der Waals surface area (Å²) < 4.78 is 0. The van der Waals surface area contributed by atoms with E-state index in [1.165, 1.54) is 0 Å². The van der Waals surface area contributed by atoms with Gasteiger partial charge in [0.2, 0.25) is 5.91 Å². The first kappa shape index (κ1) is 14.8. The number of hydrogen-bond donors (Lipinski definition) is 1. The van der Waals surface area contributed by atoms with Crippen molar-refractivity contribution >= 4 is 5.91 Å². The summed E-state index contributed by atoms with van der Waals surface area (Å²) >= 11 is 0. The predicted octanol–water partition coefficient (Wildman–Crippen LogP) is -0.308. The number of carbonyl (C=O) groups is 1. The van der Waals surface area contributed by atoms with Crippen molar-refractivity contribution in [1.82, 2.24) is 20.0 Å². The minimum Gasteiger partial charge on any atom is -0.340 e. The van der Waals surface area contributed by atoms with E-state index in [0.717, 1.165) is 65.2 Å². The minimum absolute atomic E-state index is 0.224. The van der Waals surface area contributed by atoms with Crippen molar-refractivity contribution in [3.63, 3.8) is 0 Å². The van der Waals surface area contributed by atoms with Gasteiger partial charge < -0.3 is 15.1 Å². The minimum atomic E-state index is 0.224. The number of rotatable bonds is 4. The molecule has 2 rings (SSSR count). The van der Waals surface area contributed by atoms with Crippen LogP contribution in [0.25, 0.3) is 0 Å². The Kier molecular flexibility index (Phi) is 5.60. The molecule has 1 atom stereocenters. The summed E-state index contributed by atoms with van der Waals surface area (Å²) in [5.74, 6) is 0.599. The number of nitrogens with zero attached hydrogens (tertiary/aromatic N) is 3. The predicted molar refractivity (Wildman–Crippen MR) is 77.2 cm³/mol. The van der Waals surface area contributed by atoms with Crippen molar-refractivity contribution in [3.05, 3.63) is 0 Å². The van der Waals surface area contributed by atoms with Crippen LogP contribution in [0.5, 0.6) is 0 Å². The third-order valence-corrected chi connectivity index (χ3v) is 4.19. The molecule has 2 fully saturated rings. The van der Waals surface area contributed by atoms with E-state index in [0.29, 0.717) is 5.91 Å². The SMILES string of the molecule is CN(C)CCN1CCN(C(=O)[C@@H]2CCCNC2)CC1. The Bertz CT molecular complexity index is 281. The lowest BCUT2D eigenvalue weighted by Gasteiger charge is -2.37. The number of piperidine rings is 1. The molecular formula is C14H28N4O. The van der Waals surface area contributed by atoms with E-state index in [1.54, 1.807) is 0 Å². The highest BCUT2D eigenvalue weighted by atomic mass is 16.2. The van der Waals surface area contributed by atoms with Gasteiger partial charge in [0.25, 0.3) is 0 Å². The van der Waals surface area contributed by atoms with Gasteiger partial charge in [-0.3, -0.25) is 9.69 Å². The second-order valence-electron chi connectivity index (χ2n) is 6.01. The molecule has 0 unspecified atom stereocenters. The number of nitrogens with one attached hydrogen (secondary N) is 1. The highest BCUT2D eigenvalue weighted by molar-refractivity contribution is 5.79. The van der Waals surface area contributed by atoms with Crippen LogP contribution in [-0.2, 0) is 4.79 Å². The van der Waals surface area contributed by atoms with E-state index in [-0.39, 0.29) is 5.92 Å². The molecular weight excluding hydrogens is 240 g/mol. The Morgan fingerprint density at radius 2 is 2.00 bits per heavy atom. The number of likely N-dealkylation sites (N-methyl/N-ethyl adjacent to an activating group) is 1. The molecule has 2 aliphatic rings. The molecule has 0 aromatic rings. The number of piperazine rings is 1. The lowest BCUT2D eigenvalue weighted by atomic mass is 9.98. The van der Waals surface area contributed by atoms with Crippen LogP contribution >= 0.6 is 0 Å². The average Bonchev–Trinajstić information content (AvgIpc) is 2.46. The third kappa shape index (κ3) is 4.44. The molecule has 0 aliphatic carbocycles. The standard InChI is InChI=1S/C14H28N4O/c1-16(2)6-7-17-8-10-18(11-9-17)14(19)13-4-3-5-15-12-13/h13,15H,3-12H2,1-2H3/t13-/m1/s1. The average molecular weight is 268 g/mol. The summed E-state index contributed by atoms with van der Waals surface area (Å²) in [5, 5.41) is 3.33. The fraction of sp³-hybridized carbons (Fsp3) is 0.929. The molecule has 2 saturated heterocycles. The van der Waals surface area contributed by atoms with Crippen molar-refractivity contribution in [2.24, 2.45) is 5.92 Å². The molecule has 0 bridgehead atoms. The first-order valence-corrected chi connectivity index (χ1v) is 7.53. The normalized spacial score (nSPS) is 25.8. The van der Waals surface area contributed by atoms with E-state index in [2.05, 4.69) is 34.1 Å². The van der Waals surface area contributed by atoms with Crippen molar-refractivity contribution in [1.29, 1.82) is 0 Å². The monoisotopic (exact) mass is 268 g/mol. The van der Waals surface area contributed by atoms with Crippen LogP contribution in [-0.4, -0.2) is 87.1 Å². The lowest BCUT2D eigenvalue weighted by molar-refractivity contribution is -0.137. The van der Waals surface area contributed by atoms with Crippen LogP contribution in [0.3, 0.4) is 0 Å². The molecule has 0 saturated carbocycles. The fourth-order valence-electron chi connectivity index (χ4n) is 2.85. The number of carbonyl (C=O) groups excluding carboxylic acids is 1. The second kappa shape index (κ2) is 7.22. The van der Waals surface area contributed by atoms with E-state index in [9.17, 15) is 4.79 Å². The van der Waals surface area contributed by atoms with E-state index in [1.807, 2.05) is 0 Å². The number of hydrogen-bond acceptors (Lipinski definition) is 4. The summed E-state index contributed by atoms with van der Waals surface area (Å²) in [7, 11) is 4.21. The van der Waals surface area contributed by atoms with Gasteiger partial charge in [-0.25, -0.2) is 0 Å². The molecule has 0 aromatic carbocycles. The van der Waals surface area contributed by atoms with Crippen LogP contribution in [0.1, 0.15) is 12.8 Å². The molecule has 0 aromatic heterocycles. The van der Waals surface area contributed by atoms with E-state index in [4.69, 9.17) is 0 Å². The Labute approximate surface area is 116 Å².